The molecule has 1 aromatic heterocycles. The highest BCUT2D eigenvalue weighted by Gasteiger charge is 2.32. The van der Waals surface area contributed by atoms with Crippen LogP contribution in [0.2, 0.25) is 0 Å². The first-order valence-electron chi connectivity index (χ1n) is 8.05. The Morgan fingerprint density at radius 1 is 1.40 bits per heavy atom. The number of carbonyl (C=O) groups is 1. The number of aryl methyl sites for hydroxylation is 1. The van der Waals surface area contributed by atoms with Gasteiger partial charge in [0.05, 0.1) is 22.9 Å². The van der Waals surface area contributed by atoms with Gasteiger partial charge >= 0.3 is 0 Å². The maximum absolute atomic E-state index is 12.4. The van der Waals surface area contributed by atoms with Crippen LogP contribution in [0.4, 0.5) is 0 Å². The number of nitrogens with zero attached hydrogens (tertiary/aromatic N) is 3. The van der Waals surface area contributed by atoms with Gasteiger partial charge in [0.15, 0.2) is 15.0 Å². The summed E-state index contributed by atoms with van der Waals surface area (Å²) in [7, 11) is -1.31. The first kappa shape index (κ1) is 18.0. The number of rotatable bonds is 5. The zero-order valence-corrected chi connectivity index (χ0v) is 15.9. The molecule has 1 unspecified atom stereocenters. The number of sulfone groups is 1. The zero-order chi connectivity index (χ0) is 18.0. The standard InChI is InChI=1S/C17H21N3O3S2/c1-13-5-3-4-6-15(13)20-9-8-18-17(20)24-11-16(21)19(2)14-7-10-25(22,23)12-14/h3-6,8-9,14H,7,10-12H2,1-2H3. The number of carbonyl (C=O) groups excluding carboxylic acids is 1. The van der Waals surface area contributed by atoms with Gasteiger partial charge in [-0.25, -0.2) is 13.4 Å². The Hall–Kier alpha value is -1.80. The van der Waals surface area contributed by atoms with Crippen molar-refractivity contribution in [3.05, 3.63) is 42.2 Å². The van der Waals surface area contributed by atoms with E-state index in [1.165, 1.54) is 11.8 Å². The van der Waals surface area contributed by atoms with Crippen molar-refractivity contribution < 1.29 is 13.2 Å². The molecular weight excluding hydrogens is 358 g/mol. The average molecular weight is 380 g/mol. The Balaban J connectivity index is 1.66. The summed E-state index contributed by atoms with van der Waals surface area (Å²) in [5.74, 6) is 0.389. The average Bonchev–Trinajstić information content (AvgIpc) is 3.18. The van der Waals surface area contributed by atoms with Gasteiger partial charge in [-0.1, -0.05) is 30.0 Å². The van der Waals surface area contributed by atoms with E-state index < -0.39 is 9.84 Å². The van der Waals surface area contributed by atoms with E-state index in [4.69, 9.17) is 0 Å². The molecule has 2 heterocycles. The highest BCUT2D eigenvalue weighted by atomic mass is 32.2. The van der Waals surface area contributed by atoms with Crippen LogP contribution in [0.1, 0.15) is 12.0 Å². The molecule has 6 nitrogen and oxygen atoms in total. The molecule has 1 aromatic carbocycles. The molecule has 0 N–H and O–H groups in total. The molecule has 1 aliphatic heterocycles. The van der Waals surface area contributed by atoms with Crippen molar-refractivity contribution in [2.75, 3.05) is 24.3 Å². The third kappa shape index (κ3) is 4.07. The van der Waals surface area contributed by atoms with Crippen LogP contribution >= 0.6 is 11.8 Å². The molecule has 8 heteroatoms. The number of para-hydroxylation sites is 1. The minimum Gasteiger partial charge on any atom is -0.341 e. The van der Waals surface area contributed by atoms with Gasteiger partial charge in [-0.05, 0) is 25.0 Å². The minimum absolute atomic E-state index is 0.0672. The van der Waals surface area contributed by atoms with Crippen molar-refractivity contribution in [2.45, 2.75) is 24.5 Å². The number of thioether (sulfide) groups is 1. The molecule has 1 fully saturated rings. The number of hydrogen-bond acceptors (Lipinski definition) is 5. The fraction of sp³-hybridized carbons (Fsp3) is 0.412. The molecule has 0 bridgehead atoms. The SMILES string of the molecule is Cc1ccccc1-n1ccnc1SCC(=O)N(C)C1CCS(=O)(=O)C1. The Morgan fingerprint density at radius 3 is 2.84 bits per heavy atom. The van der Waals surface area contributed by atoms with Crippen LogP contribution < -0.4 is 0 Å². The van der Waals surface area contributed by atoms with E-state index in [0.717, 1.165) is 16.4 Å². The van der Waals surface area contributed by atoms with Crippen LogP contribution in [-0.4, -0.2) is 59.1 Å². The topological polar surface area (TPSA) is 72.3 Å². The second-order valence-corrected chi connectivity index (χ2v) is 9.39. The van der Waals surface area contributed by atoms with E-state index in [1.807, 2.05) is 42.0 Å². The normalized spacial score (nSPS) is 19.0. The fourth-order valence-electron chi connectivity index (χ4n) is 2.93. The molecule has 0 saturated carbocycles. The lowest BCUT2D eigenvalue weighted by Crippen LogP contribution is -2.38. The van der Waals surface area contributed by atoms with E-state index in [2.05, 4.69) is 4.98 Å². The Kier molecular flexibility index (Phi) is 5.19. The predicted molar refractivity (Wildman–Crippen MR) is 98.9 cm³/mol. The summed E-state index contributed by atoms with van der Waals surface area (Å²) in [6.45, 7) is 2.03. The summed E-state index contributed by atoms with van der Waals surface area (Å²) in [5, 5.41) is 0.745. The zero-order valence-electron chi connectivity index (χ0n) is 14.3. The van der Waals surface area contributed by atoms with Crippen molar-refractivity contribution >= 4 is 27.5 Å². The highest BCUT2D eigenvalue weighted by molar-refractivity contribution is 7.99. The van der Waals surface area contributed by atoms with Gasteiger partial charge in [-0.15, -0.1) is 0 Å². The van der Waals surface area contributed by atoms with Crippen molar-refractivity contribution in [2.24, 2.45) is 0 Å². The second-order valence-electron chi connectivity index (χ2n) is 6.22. The van der Waals surface area contributed by atoms with Gasteiger partial charge in [-0.2, -0.15) is 0 Å². The minimum atomic E-state index is -3.00. The number of aromatic nitrogens is 2. The van der Waals surface area contributed by atoms with Gasteiger partial charge in [-0.3, -0.25) is 9.36 Å². The first-order valence-corrected chi connectivity index (χ1v) is 10.9. The van der Waals surface area contributed by atoms with Gasteiger partial charge in [0.25, 0.3) is 0 Å². The van der Waals surface area contributed by atoms with E-state index in [-0.39, 0.29) is 29.2 Å². The second kappa shape index (κ2) is 7.21. The van der Waals surface area contributed by atoms with Crippen molar-refractivity contribution in [3.63, 3.8) is 0 Å². The largest absolute Gasteiger partial charge is 0.341 e. The highest BCUT2D eigenvalue weighted by Crippen LogP contribution is 2.24. The molecule has 0 radical (unpaired) electrons. The van der Waals surface area contributed by atoms with Crippen LogP contribution in [0.15, 0.2) is 41.8 Å². The summed E-state index contributed by atoms with van der Waals surface area (Å²) < 4.78 is 25.1. The van der Waals surface area contributed by atoms with Crippen molar-refractivity contribution in [1.29, 1.82) is 0 Å². The monoisotopic (exact) mass is 379 g/mol. The van der Waals surface area contributed by atoms with Crippen molar-refractivity contribution in [3.8, 4) is 5.69 Å². The lowest BCUT2D eigenvalue weighted by molar-refractivity contribution is -0.128. The third-order valence-corrected chi connectivity index (χ3v) is 7.16. The maximum atomic E-state index is 12.4. The summed E-state index contributed by atoms with van der Waals surface area (Å²) in [4.78, 5) is 18.3. The van der Waals surface area contributed by atoms with Gasteiger partial charge in [0.1, 0.15) is 0 Å². The molecule has 1 atom stereocenters. The Morgan fingerprint density at radius 2 is 2.16 bits per heavy atom. The molecule has 1 amide bonds. The summed E-state index contributed by atoms with van der Waals surface area (Å²) in [5.41, 5.74) is 2.16. The number of benzene rings is 1. The summed E-state index contributed by atoms with van der Waals surface area (Å²) >= 11 is 1.36. The molecule has 2 aromatic rings. The molecular formula is C17H21N3O3S2. The quantitative estimate of drug-likeness (QED) is 0.742. The smallest absolute Gasteiger partial charge is 0.233 e. The van der Waals surface area contributed by atoms with E-state index in [0.29, 0.717) is 6.42 Å². The molecule has 3 rings (SSSR count). The summed E-state index contributed by atoms with van der Waals surface area (Å²) in [6.07, 6.45) is 4.11. The van der Waals surface area contributed by atoms with Gasteiger partial charge in [0.2, 0.25) is 5.91 Å². The van der Waals surface area contributed by atoms with Crippen LogP contribution in [0.25, 0.3) is 5.69 Å². The molecule has 0 spiro atoms. The fourth-order valence-corrected chi connectivity index (χ4v) is 5.59. The maximum Gasteiger partial charge on any atom is 0.233 e. The van der Waals surface area contributed by atoms with E-state index in [9.17, 15) is 13.2 Å². The van der Waals surface area contributed by atoms with E-state index in [1.54, 1.807) is 18.1 Å². The first-order chi connectivity index (χ1) is 11.9. The number of amides is 1. The third-order valence-electron chi connectivity index (χ3n) is 4.46. The van der Waals surface area contributed by atoms with Crippen molar-refractivity contribution in [1.82, 2.24) is 14.5 Å². The Bertz CT molecular complexity index is 877. The van der Waals surface area contributed by atoms with Gasteiger partial charge < -0.3 is 4.90 Å². The van der Waals surface area contributed by atoms with E-state index >= 15 is 0 Å². The van der Waals surface area contributed by atoms with Crippen LogP contribution in [0.5, 0.6) is 0 Å². The molecule has 1 saturated heterocycles. The predicted octanol–water partition coefficient (Wildman–Crippen LogP) is 1.92. The molecule has 134 valence electrons. The van der Waals surface area contributed by atoms with Crippen LogP contribution in [0.3, 0.4) is 0 Å². The molecule has 0 aliphatic carbocycles. The summed E-state index contributed by atoms with van der Waals surface area (Å²) in [6, 6.07) is 7.78. The number of imidazole rings is 1. The lowest BCUT2D eigenvalue weighted by atomic mass is 10.2. The lowest BCUT2D eigenvalue weighted by Gasteiger charge is -2.23. The van der Waals surface area contributed by atoms with Gasteiger partial charge in [0, 0.05) is 25.5 Å². The molecule has 1 aliphatic rings. The Labute approximate surface area is 152 Å². The number of hydrogen-bond donors (Lipinski definition) is 0. The van der Waals surface area contributed by atoms with Crippen LogP contribution in [0, 0.1) is 6.92 Å². The van der Waals surface area contributed by atoms with Crippen LogP contribution in [-0.2, 0) is 14.6 Å². The molecule has 25 heavy (non-hydrogen) atoms.